The van der Waals surface area contributed by atoms with Crippen molar-refractivity contribution in [2.24, 2.45) is 16.7 Å². The Bertz CT molecular complexity index is 587. The third-order valence-corrected chi connectivity index (χ3v) is 6.25. The Labute approximate surface area is 120 Å². The van der Waals surface area contributed by atoms with Gasteiger partial charge in [0.15, 0.2) is 0 Å². The predicted molar refractivity (Wildman–Crippen MR) is 77.8 cm³/mol. The number of hydrogen-bond donors (Lipinski definition) is 1. The van der Waals surface area contributed by atoms with E-state index in [2.05, 4.69) is 26.1 Å². The number of rotatable bonds is 2. The molecule has 2 aliphatic carbocycles. The van der Waals surface area contributed by atoms with E-state index < -0.39 is 5.82 Å². The molecule has 0 heterocycles. The highest BCUT2D eigenvalue weighted by Gasteiger charge is 2.61. The maximum atomic E-state index is 13.7. The molecule has 20 heavy (non-hydrogen) atoms. The summed E-state index contributed by atoms with van der Waals surface area (Å²) in [6, 6.07) is 7.12. The van der Waals surface area contributed by atoms with E-state index in [0.29, 0.717) is 17.1 Å². The lowest BCUT2D eigenvalue weighted by molar-refractivity contribution is 0.142. The van der Waals surface area contributed by atoms with Gasteiger partial charge in [-0.25, -0.2) is 4.39 Å². The summed E-state index contributed by atoms with van der Waals surface area (Å²) in [5.74, 6) is 0.286. The third-order valence-electron chi connectivity index (χ3n) is 6.25. The van der Waals surface area contributed by atoms with Gasteiger partial charge in [-0.1, -0.05) is 26.8 Å². The van der Waals surface area contributed by atoms with Gasteiger partial charge in [0.1, 0.15) is 17.4 Å². The minimum atomic E-state index is -0.440. The monoisotopic (exact) mass is 272 g/mol. The van der Waals surface area contributed by atoms with E-state index in [4.69, 9.17) is 5.26 Å². The summed E-state index contributed by atoms with van der Waals surface area (Å²) >= 11 is 0. The highest BCUT2D eigenvalue weighted by atomic mass is 19.1. The average molecular weight is 272 g/mol. The van der Waals surface area contributed by atoms with Crippen molar-refractivity contribution in [3.05, 3.63) is 29.6 Å². The molecule has 0 saturated heterocycles. The molecule has 2 nitrogen and oxygen atoms in total. The van der Waals surface area contributed by atoms with Crippen LogP contribution in [-0.4, -0.2) is 6.04 Å². The van der Waals surface area contributed by atoms with Crippen LogP contribution in [0.15, 0.2) is 18.2 Å². The first kappa shape index (κ1) is 13.4. The standard InChI is InChI=1S/C17H21FN2/c1-16(2)11-7-8-17(16,3)15(9-11)20-14-6-4-5-13(18)12(14)10-19/h4-6,11,15,20H,7-9H2,1-3H3. The summed E-state index contributed by atoms with van der Waals surface area (Å²) < 4.78 is 13.7. The molecule has 2 fully saturated rings. The lowest BCUT2D eigenvalue weighted by Gasteiger charge is -2.40. The molecule has 1 aromatic carbocycles. The van der Waals surface area contributed by atoms with Crippen molar-refractivity contribution in [1.29, 1.82) is 5.26 Å². The van der Waals surface area contributed by atoms with Crippen LogP contribution in [0.1, 0.15) is 45.6 Å². The molecule has 0 aromatic heterocycles. The highest BCUT2D eigenvalue weighted by molar-refractivity contribution is 5.59. The number of hydrogen-bond acceptors (Lipinski definition) is 2. The molecule has 2 aliphatic rings. The second kappa shape index (κ2) is 4.22. The molecule has 3 heteroatoms. The number of benzene rings is 1. The summed E-state index contributed by atoms with van der Waals surface area (Å²) in [6.07, 6.45) is 3.61. The SMILES string of the molecule is CC1(C)C2CCC1(C)C(Nc1cccc(F)c1C#N)C2. The molecule has 2 saturated carbocycles. The average Bonchev–Trinajstić information content (AvgIpc) is 2.72. The van der Waals surface area contributed by atoms with Crippen LogP contribution < -0.4 is 5.32 Å². The Morgan fingerprint density at radius 2 is 2.10 bits per heavy atom. The zero-order chi connectivity index (χ0) is 14.5. The molecule has 3 rings (SSSR count). The topological polar surface area (TPSA) is 35.8 Å². The molecule has 0 radical (unpaired) electrons. The Balaban J connectivity index is 1.92. The summed E-state index contributed by atoms with van der Waals surface area (Å²) in [6.45, 7) is 7.04. The molecule has 1 N–H and O–H groups in total. The Morgan fingerprint density at radius 1 is 1.35 bits per heavy atom. The first-order chi connectivity index (χ1) is 9.40. The lowest BCUT2D eigenvalue weighted by atomic mass is 9.69. The summed E-state index contributed by atoms with van der Waals surface area (Å²) in [7, 11) is 0. The van der Waals surface area contributed by atoms with Gasteiger partial charge in [-0.3, -0.25) is 0 Å². The van der Waals surface area contributed by atoms with Crippen molar-refractivity contribution in [2.45, 2.75) is 46.1 Å². The van der Waals surface area contributed by atoms with Gasteiger partial charge in [-0.05, 0) is 48.1 Å². The molecule has 0 amide bonds. The van der Waals surface area contributed by atoms with Crippen molar-refractivity contribution in [3.8, 4) is 6.07 Å². The zero-order valence-corrected chi connectivity index (χ0v) is 12.3. The molecule has 0 spiro atoms. The van der Waals surface area contributed by atoms with E-state index in [0.717, 1.165) is 12.3 Å². The molecular formula is C17H21FN2. The first-order valence-corrected chi connectivity index (χ1v) is 7.35. The van der Waals surface area contributed by atoms with E-state index >= 15 is 0 Å². The number of nitriles is 1. The van der Waals surface area contributed by atoms with Gasteiger partial charge >= 0.3 is 0 Å². The van der Waals surface area contributed by atoms with E-state index in [1.807, 2.05) is 12.1 Å². The van der Waals surface area contributed by atoms with Gasteiger partial charge in [0.25, 0.3) is 0 Å². The number of nitrogens with one attached hydrogen (secondary N) is 1. The van der Waals surface area contributed by atoms with Gasteiger partial charge in [0, 0.05) is 6.04 Å². The van der Waals surface area contributed by atoms with Crippen molar-refractivity contribution in [1.82, 2.24) is 0 Å². The van der Waals surface area contributed by atoms with E-state index in [-0.39, 0.29) is 11.0 Å². The van der Waals surface area contributed by atoms with Gasteiger partial charge in [-0.15, -0.1) is 0 Å². The second-order valence-electron chi connectivity index (χ2n) is 7.08. The minimum absolute atomic E-state index is 0.136. The van der Waals surface area contributed by atoms with E-state index in [1.54, 1.807) is 6.07 Å². The smallest absolute Gasteiger partial charge is 0.143 e. The van der Waals surface area contributed by atoms with Crippen LogP contribution in [0.4, 0.5) is 10.1 Å². The van der Waals surface area contributed by atoms with Gasteiger partial charge in [0.2, 0.25) is 0 Å². The van der Waals surface area contributed by atoms with Crippen LogP contribution in [-0.2, 0) is 0 Å². The molecule has 1 aromatic rings. The summed E-state index contributed by atoms with van der Waals surface area (Å²) in [4.78, 5) is 0. The van der Waals surface area contributed by atoms with Gasteiger partial charge in [0.05, 0.1) is 5.69 Å². The molecule has 2 bridgehead atoms. The van der Waals surface area contributed by atoms with E-state index in [1.165, 1.54) is 18.9 Å². The molecule has 106 valence electrons. The van der Waals surface area contributed by atoms with Crippen molar-refractivity contribution in [3.63, 3.8) is 0 Å². The summed E-state index contributed by atoms with van der Waals surface area (Å²) in [5.41, 5.74) is 1.31. The maximum absolute atomic E-state index is 13.7. The Morgan fingerprint density at radius 3 is 2.65 bits per heavy atom. The van der Waals surface area contributed by atoms with Crippen LogP contribution in [0.5, 0.6) is 0 Å². The third kappa shape index (κ3) is 1.60. The molecule has 3 unspecified atom stereocenters. The maximum Gasteiger partial charge on any atom is 0.143 e. The summed E-state index contributed by atoms with van der Waals surface area (Å²) in [5, 5.41) is 12.6. The highest BCUT2D eigenvalue weighted by Crippen LogP contribution is 2.65. The van der Waals surface area contributed by atoms with Gasteiger partial charge < -0.3 is 5.32 Å². The predicted octanol–water partition coefficient (Wildman–Crippen LogP) is 4.32. The van der Waals surface area contributed by atoms with Crippen molar-refractivity contribution >= 4 is 5.69 Å². The second-order valence-corrected chi connectivity index (χ2v) is 7.08. The largest absolute Gasteiger partial charge is 0.381 e. The quantitative estimate of drug-likeness (QED) is 0.870. The number of halogens is 1. The van der Waals surface area contributed by atoms with Crippen molar-refractivity contribution < 1.29 is 4.39 Å². The van der Waals surface area contributed by atoms with Gasteiger partial charge in [-0.2, -0.15) is 5.26 Å². The van der Waals surface area contributed by atoms with Crippen LogP contribution in [0, 0.1) is 33.9 Å². The fourth-order valence-corrected chi connectivity index (χ4v) is 4.37. The normalized spacial score (nSPS) is 34.0. The molecular weight excluding hydrogens is 251 g/mol. The lowest BCUT2D eigenvalue weighted by Crippen LogP contribution is -2.40. The number of anilines is 1. The molecule has 0 aliphatic heterocycles. The Hall–Kier alpha value is -1.56. The first-order valence-electron chi connectivity index (χ1n) is 7.35. The van der Waals surface area contributed by atoms with Crippen molar-refractivity contribution in [2.75, 3.05) is 5.32 Å². The van der Waals surface area contributed by atoms with Crippen LogP contribution in [0.2, 0.25) is 0 Å². The van der Waals surface area contributed by atoms with Crippen LogP contribution in [0.25, 0.3) is 0 Å². The van der Waals surface area contributed by atoms with Crippen LogP contribution >= 0.6 is 0 Å². The number of nitrogens with zero attached hydrogens (tertiary/aromatic N) is 1. The fourth-order valence-electron chi connectivity index (χ4n) is 4.37. The molecule has 3 atom stereocenters. The number of fused-ring (bicyclic) bond motifs is 2. The minimum Gasteiger partial charge on any atom is -0.381 e. The zero-order valence-electron chi connectivity index (χ0n) is 12.3. The fraction of sp³-hybridized carbons (Fsp3) is 0.588. The van der Waals surface area contributed by atoms with E-state index in [9.17, 15) is 4.39 Å². The van der Waals surface area contributed by atoms with Crippen LogP contribution in [0.3, 0.4) is 0 Å². The Kier molecular flexibility index (Phi) is 2.83.